The number of rotatable bonds is 9. The predicted molar refractivity (Wildman–Crippen MR) is 127 cm³/mol. The Labute approximate surface area is 193 Å². The van der Waals surface area contributed by atoms with Crippen molar-refractivity contribution in [2.45, 2.75) is 19.9 Å². The molecule has 3 rings (SSSR count). The predicted octanol–water partition coefficient (Wildman–Crippen LogP) is 2.42. The summed E-state index contributed by atoms with van der Waals surface area (Å²) in [6.07, 6.45) is 2.65. The van der Waals surface area contributed by atoms with Crippen molar-refractivity contribution in [2.24, 2.45) is 5.10 Å². The Morgan fingerprint density at radius 2 is 2.19 bits per heavy atom. The molecule has 0 atom stereocenters. The summed E-state index contributed by atoms with van der Waals surface area (Å²) in [5, 5.41) is 12.9. The minimum absolute atomic E-state index is 0.482. The molecular weight excluding hydrogens is 436 g/mol. The molecule has 1 aromatic heterocycles. The maximum Gasteiger partial charge on any atom is 0.186 e. The minimum Gasteiger partial charge on any atom is -0.497 e. The normalized spacial score (nSPS) is 14.7. The van der Waals surface area contributed by atoms with Crippen LogP contribution in [0.3, 0.4) is 0 Å². The first-order valence-electron chi connectivity index (χ1n) is 10.3. The third-order valence-electron chi connectivity index (χ3n) is 4.98. The van der Waals surface area contributed by atoms with Crippen molar-refractivity contribution in [2.75, 3.05) is 46.5 Å². The van der Waals surface area contributed by atoms with Gasteiger partial charge in [-0.2, -0.15) is 10.2 Å². The lowest BCUT2D eigenvalue weighted by molar-refractivity contribution is 0.0376. The first-order chi connectivity index (χ1) is 15.1. The van der Waals surface area contributed by atoms with Crippen molar-refractivity contribution in [3.8, 4) is 5.75 Å². The maximum atomic E-state index is 6.53. The fourth-order valence-electron chi connectivity index (χ4n) is 3.29. The number of hydrogen-bond acceptors (Lipinski definition) is 6. The molecule has 0 spiro atoms. The summed E-state index contributed by atoms with van der Waals surface area (Å²) in [6.45, 7) is 7.90. The van der Waals surface area contributed by atoms with Crippen LogP contribution in [-0.2, 0) is 11.3 Å². The molecule has 2 aromatic rings. The average Bonchev–Trinajstić information content (AvgIpc) is 3.05. The molecule has 8 nitrogen and oxygen atoms in total. The van der Waals surface area contributed by atoms with E-state index in [1.807, 2.05) is 31.2 Å². The number of hydrogen-bond donors (Lipinski definition) is 2. The Kier molecular flexibility index (Phi) is 9.08. The molecule has 2 N–H and O–H groups in total. The lowest BCUT2D eigenvalue weighted by Crippen LogP contribution is -2.39. The molecule has 0 unspecified atom stereocenters. The molecule has 1 saturated heterocycles. The Balaban J connectivity index is 1.46. The molecular formula is C21H29ClN6O2S. The largest absolute Gasteiger partial charge is 0.497 e. The van der Waals surface area contributed by atoms with E-state index < -0.39 is 0 Å². The van der Waals surface area contributed by atoms with E-state index in [1.165, 1.54) is 0 Å². The van der Waals surface area contributed by atoms with Gasteiger partial charge in [0.15, 0.2) is 5.11 Å². The van der Waals surface area contributed by atoms with Gasteiger partial charge in [-0.25, -0.2) is 4.68 Å². The smallest absolute Gasteiger partial charge is 0.186 e. The summed E-state index contributed by atoms with van der Waals surface area (Å²) in [7, 11) is 1.65. The third kappa shape index (κ3) is 7.17. The molecule has 0 saturated carbocycles. The second kappa shape index (κ2) is 12.0. The van der Waals surface area contributed by atoms with Crippen molar-refractivity contribution in [3.63, 3.8) is 0 Å². The molecule has 0 amide bonds. The van der Waals surface area contributed by atoms with Crippen molar-refractivity contribution < 1.29 is 9.47 Å². The topological polar surface area (TPSA) is 75.9 Å². The van der Waals surface area contributed by atoms with Crippen LogP contribution in [0.5, 0.6) is 5.75 Å². The highest BCUT2D eigenvalue weighted by Gasteiger charge is 2.13. The van der Waals surface area contributed by atoms with E-state index in [-0.39, 0.29) is 0 Å². The van der Waals surface area contributed by atoms with Gasteiger partial charge in [-0.15, -0.1) is 0 Å². The van der Waals surface area contributed by atoms with Crippen LogP contribution in [-0.4, -0.2) is 72.5 Å². The summed E-state index contributed by atoms with van der Waals surface area (Å²) in [4.78, 5) is 2.40. The number of nitrogens with one attached hydrogen (secondary N) is 2. The summed E-state index contributed by atoms with van der Waals surface area (Å²) in [5.41, 5.74) is 5.44. The van der Waals surface area contributed by atoms with E-state index in [0.717, 1.165) is 68.4 Å². The fraction of sp³-hybridized carbons (Fsp3) is 0.476. The number of aryl methyl sites for hydroxylation is 1. The van der Waals surface area contributed by atoms with Crippen LogP contribution in [0.2, 0.25) is 5.15 Å². The zero-order chi connectivity index (χ0) is 22.1. The number of thiocarbonyl (C=S) groups is 1. The molecule has 0 radical (unpaired) electrons. The van der Waals surface area contributed by atoms with Crippen molar-refractivity contribution in [1.82, 2.24) is 25.4 Å². The number of aromatic nitrogens is 2. The molecule has 1 fully saturated rings. The minimum atomic E-state index is 0.482. The van der Waals surface area contributed by atoms with Crippen LogP contribution in [0, 0.1) is 6.92 Å². The zero-order valence-corrected chi connectivity index (χ0v) is 19.5. The van der Waals surface area contributed by atoms with Gasteiger partial charge in [-0.05, 0) is 49.8 Å². The Morgan fingerprint density at radius 3 is 2.97 bits per heavy atom. The van der Waals surface area contributed by atoms with Crippen LogP contribution in [0.15, 0.2) is 29.4 Å². The van der Waals surface area contributed by atoms with Gasteiger partial charge in [0.1, 0.15) is 10.9 Å². The first kappa shape index (κ1) is 23.5. The monoisotopic (exact) mass is 464 g/mol. The second-order valence-corrected chi connectivity index (χ2v) is 8.00. The summed E-state index contributed by atoms with van der Waals surface area (Å²) < 4.78 is 12.4. The van der Waals surface area contributed by atoms with E-state index >= 15 is 0 Å². The van der Waals surface area contributed by atoms with Gasteiger partial charge < -0.3 is 14.8 Å². The van der Waals surface area contributed by atoms with Gasteiger partial charge in [-0.3, -0.25) is 10.3 Å². The van der Waals surface area contributed by atoms with Gasteiger partial charge in [-0.1, -0.05) is 23.7 Å². The molecule has 0 bridgehead atoms. The van der Waals surface area contributed by atoms with Crippen molar-refractivity contribution >= 4 is 35.1 Å². The summed E-state index contributed by atoms with van der Waals surface area (Å²) in [5.74, 6) is 0.800. The zero-order valence-electron chi connectivity index (χ0n) is 17.9. The Bertz CT molecular complexity index is 898. The van der Waals surface area contributed by atoms with E-state index in [4.69, 9.17) is 33.3 Å². The van der Waals surface area contributed by atoms with E-state index in [0.29, 0.717) is 16.8 Å². The molecule has 31 heavy (non-hydrogen) atoms. The van der Waals surface area contributed by atoms with Crippen LogP contribution < -0.4 is 15.5 Å². The maximum absolute atomic E-state index is 6.53. The Morgan fingerprint density at radius 1 is 1.39 bits per heavy atom. The van der Waals surface area contributed by atoms with E-state index in [2.05, 4.69) is 25.8 Å². The second-order valence-electron chi connectivity index (χ2n) is 7.23. The standard InChI is InChI=1S/C21H29ClN6O2S/c1-16-19(20(22)28(26-16)15-17-5-3-6-18(13-17)29-2)14-24-25-21(31)23-7-4-8-27-9-11-30-12-10-27/h3,5-6,13-14H,4,7-12,15H2,1-2H3,(H2,23,25,31)/b24-14+. The molecule has 1 aliphatic rings. The number of ether oxygens (including phenoxy) is 2. The number of morpholine rings is 1. The van der Waals surface area contributed by atoms with Crippen LogP contribution in [0.4, 0.5) is 0 Å². The third-order valence-corrected chi connectivity index (χ3v) is 5.61. The van der Waals surface area contributed by atoms with Crippen LogP contribution in [0.25, 0.3) is 0 Å². The highest BCUT2D eigenvalue weighted by molar-refractivity contribution is 7.80. The average molecular weight is 465 g/mol. The molecule has 10 heteroatoms. The highest BCUT2D eigenvalue weighted by Crippen LogP contribution is 2.20. The fourth-order valence-corrected chi connectivity index (χ4v) is 3.72. The number of benzene rings is 1. The number of methoxy groups -OCH3 is 1. The number of hydrazone groups is 1. The number of halogens is 1. The highest BCUT2D eigenvalue weighted by atomic mass is 35.5. The summed E-state index contributed by atoms with van der Waals surface area (Å²) >= 11 is 11.8. The Hall–Kier alpha value is -2.20. The van der Waals surface area contributed by atoms with Crippen LogP contribution in [0.1, 0.15) is 23.2 Å². The summed E-state index contributed by atoms with van der Waals surface area (Å²) in [6, 6.07) is 7.82. The van der Waals surface area contributed by atoms with Gasteiger partial charge >= 0.3 is 0 Å². The van der Waals surface area contributed by atoms with E-state index in [1.54, 1.807) is 18.0 Å². The molecule has 1 aliphatic heterocycles. The SMILES string of the molecule is COc1cccc(Cn2nc(C)c(/C=N/NC(=S)NCCCN3CCOCC3)c2Cl)c1. The van der Waals surface area contributed by atoms with Crippen molar-refractivity contribution in [3.05, 3.63) is 46.2 Å². The quantitative estimate of drug-likeness (QED) is 0.255. The van der Waals surface area contributed by atoms with Crippen molar-refractivity contribution in [1.29, 1.82) is 0 Å². The van der Waals surface area contributed by atoms with Gasteiger partial charge in [0.25, 0.3) is 0 Å². The van der Waals surface area contributed by atoms with E-state index in [9.17, 15) is 0 Å². The molecule has 168 valence electrons. The van der Waals surface area contributed by atoms with Gasteiger partial charge in [0.05, 0.1) is 44.3 Å². The van der Waals surface area contributed by atoms with Crippen LogP contribution >= 0.6 is 23.8 Å². The van der Waals surface area contributed by atoms with Gasteiger partial charge in [0, 0.05) is 19.6 Å². The molecule has 2 heterocycles. The molecule has 1 aromatic carbocycles. The van der Waals surface area contributed by atoms with Gasteiger partial charge in [0.2, 0.25) is 0 Å². The molecule has 0 aliphatic carbocycles. The number of nitrogens with zero attached hydrogens (tertiary/aromatic N) is 4. The lowest BCUT2D eigenvalue weighted by atomic mass is 10.2. The lowest BCUT2D eigenvalue weighted by Gasteiger charge is -2.26. The first-order valence-corrected chi connectivity index (χ1v) is 11.1.